The van der Waals surface area contributed by atoms with E-state index in [0.29, 0.717) is 13.1 Å². The van der Waals surface area contributed by atoms with Gasteiger partial charge in [0.15, 0.2) is 0 Å². The third-order valence-corrected chi connectivity index (χ3v) is 7.71. The summed E-state index contributed by atoms with van der Waals surface area (Å²) in [4.78, 5) is 14.7. The van der Waals surface area contributed by atoms with Crippen molar-refractivity contribution >= 4 is 15.9 Å². The predicted molar refractivity (Wildman–Crippen MR) is 125 cm³/mol. The molecule has 1 amide bonds. The fourth-order valence-electron chi connectivity index (χ4n) is 3.89. The van der Waals surface area contributed by atoms with Crippen molar-refractivity contribution in [3.05, 3.63) is 64.7 Å². The second-order valence-corrected chi connectivity index (χ2v) is 10.7. The Hall–Kier alpha value is -2.18. The second kappa shape index (κ2) is 9.13. The fraction of sp³-hybridized carbons (Fsp3) is 0.480. The number of benzene rings is 2. The molecule has 1 aliphatic rings. The van der Waals surface area contributed by atoms with Gasteiger partial charge in [-0.25, -0.2) is 13.1 Å². The average molecular weight is 443 g/mol. The van der Waals surface area contributed by atoms with Gasteiger partial charge < -0.3 is 4.90 Å². The number of carbonyl (C=O) groups excluding carboxylic acids is 1. The van der Waals surface area contributed by atoms with E-state index in [9.17, 15) is 13.2 Å². The van der Waals surface area contributed by atoms with Gasteiger partial charge >= 0.3 is 0 Å². The number of rotatable bonds is 9. The molecular formula is C25H34N2O3S. The summed E-state index contributed by atoms with van der Waals surface area (Å²) in [6.07, 6.45) is 3.70. The molecule has 0 atom stereocenters. The van der Waals surface area contributed by atoms with Crippen molar-refractivity contribution < 1.29 is 13.2 Å². The van der Waals surface area contributed by atoms with E-state index in [1.165, 1.54) is 24.5 Å². The van der Waals surface area contributed by atoms with Crippen LogP contribution in [-0.2, 0) is 22.0 Å². The van der Waals surface area contributed by atoms with Gasteiger partial charge in [0.05, 0.1) is 16.0 Å². The minimum absolute atomic E-state index is 0.0217. The highest BCUT2D eigenvalue weighted by Crippen LogP contribution is 2.33. The Balaban J connectivity index is 1.89. The summed E-state index contributed by atoms with van der Waals surface area (Å²) in [5, 5.41) is 0. The molecule has 0 saturated heterocycles. The maximum atomic E-state index is 13.4. The Labute approximate surface area is 186 Å². The van der Waals surface area contributed by atoms with E-state index in [1.807, 2.05) is 46.8 Å². The van der Waals surface area contributed by atoms with Gasteiger partial charge in [-0.15, -0.1) is 0 Å². The summed E-state index contributed by atoms with van der Waals surface area (Å²) in [6, 6.07) is 13.1. The van der Waals surface area contributed by atoms with Crippen LogP contribution in [0.15, 0.2) is 47.4 Å². The summed E-state index contributed by atoms with van der Waals surface area (Å²) in [5.74, 6) is 0.539. The molecule has 1 aliphatic carbocycles. The van der Waals surface area contributed by atoms with Crippen molar-refractivity contribution in [2.24, 2.45) is 5.92 Å². The molecule has 0 radical (unpaired) electrons. The van der Waals surface area contributed by atoms with Crippen LogP contribution in [0.4, 0.5) is 0 Å². The number of hydrogen-bond donors (Lipinski definition) is 1. The average Bonchev–Trinajstić information content (AvgIpc) is 3.52. The lowest BCUT2D eigenvalue weighted by atomic mass is 9.94. The molecular weight excluding hydrogens is 408 g/mol. The zero-order valence-electron chi connectivity index (χ0n) is 19.2. The monoisotopic (exact) mass is 442 g/mol. The van der Waals surface area contributed by atoms with Crippen molar-refractivity contribution in [3.8, 4) is 0 Å². The molecule has 3 rings (SSSR count). The summed E-state index contributed by atoms with van der Waals surface area (Å²) >= 11 is 0. The Morgan fingerprint density at radius 2 is 1.68 bits per heavy atom. The maximum absolute atomic E-state index is 13.4. The van der Waals surface area contributed by atoms with Crippen LogP contribution in [0.25, 0.3) is 0 Å². The maximum Gasteiger partial charge on any atom is 0.255 e. The second-order valence-electron chi connectivity index (χ2n) is 9.05. The van der Waals surface area contributed by atoms with Crippen LogP contribution in [0.3, 0.4) is 0 Å². The summed E-state index contributed by atoms with van der Waals surface area (Å²) in [5.41, 5.74) is 2.42. The molecule has 6 heteroatoms. The Kier molecular flexibility index (Phi) is 6.92. The molecule has 1 N–H and O–H groups in total. The molecule has 5 nitrogen and oxygen atoms in total. The predicted octanol–water partition coefficient (Wildman–Crippen LogP) is 4.64. The van der Waals surface area contributed by atoms with E-state index in [0.717, 1.165) is 23.5 Å². The Morgan fingerprint density at radius 1 is 1.06 bits per heavy atom. The van der Waals surface area contributed by atoms with E-state index in [1.54, 1.807) is 17.0 Å². The molecule has 0 unspecified atom stereocenters. The summed E-state index contributed by atoms with van der Waals surface area (Å²) in [7, 11) is -3.93. The minimum Gasteiger partial charge on any atom is -0.339 e. The van der Waals surface area contributed by atoms with Crippen LogP contribution in [0.1, 0.15) is 67.6 Å². The van der Waals surface area contributed by atoms with Gasteiger partial charge in [-0.1, -0.05) is 35.9 Å². The van der Waals surface area contributed by atoms with Gasteiger partial charge in [-0.3, -0.25) is 4.79 Å². The van der Waals surface area contributed by atoms with E-state index in [2.05, 4.69) is 16.9 Å². The molecule has 168 valence electrons. The van der Waals surface area contributed by atoms with Crippen LogP contribution in [0.5, 0.6) is 0 Å². The first-order valence-corrected chi connectivity index (χ1v) is 12.6. The third kappa shape index (κ3) is 5.55. The number of amides is 1. The number of nitrogens with zero attached hydrogens (tertiary/aromatic N) is 1. The van der Waals surface area contributed by atoms with Gasteiger partial charge in [-0.05, 0) is 83.1 Å². The Bertz CT molecular complexity index is 1030. The van der Waals surface area contributed by atoms with E-state index >= 15 is 0 Å². The van der Waals surface area contributed by atoms with Crippen molar-refractivity contribution in [1.82, 2.24) is 9.62 Å². The number of hydrogen-bond acceptors (Lipinski definition) is 3. The molecule has 2 aromatic rings. The van der Waals surface area contributed by atoms with Gasteiger partial charge in [0.1, 0.15) is 0 Å². The van der Waals surface area contributed by atoms with Crippen LogP contribution in [0.2, 0.25) is 0 Å². The van der Waals surface area contributed by atoms with Gasteiger partial charge in [-0.2, -0.15) is 0 Å². The van der Waals surface area contributed by atoms with Crippen molar-refractivity contribution in [1.29, 1.82) is 0 Å². The molecule has 0 aliphatic heterocycles. The van der Waals surface area contributed by atoms with Gasteiger partial charge in [0, 0.05) is 13.1 Å². The largest absolute Gasteiger partial charge is 0.339 e. The van der Waals surface area contributed by atoms with Crippen LogP contribution in [0, 0.1) is 12.8 Å². The molecule has 1 saturated carbocycles. The number of aryl methyl sites for hydroxylation is 1. The summed E-state index contributed by atoms with van der Waals surface area (Å²) in [6.45, 7) is 10.4. The van der Waals surface area contributed by atoms with E-state index in [-0.39, 0.29) is 16.4 Å². The molecule has 0 bridgehead atoms. The molecule has 0 heterocycles. The molecule has 31 heavy (non-hydrogen) atoms. The first-order chi connectivity index (χ1) is 14.6. The summed E-state index contributed by atoms with van der Waals surface area (Å²) < 4.78 is 29.6. The lowest BCUT2D eigenvalue weighted by Gasteiger charge is -2.28. The van der Waals surface area contributed by atoms with Crippen molar-refractivity contribution in [3.63, 3.8) is 0 Å². The standard InChI is InChI=1S/C25H34N2O3S/c1-6-27(7-2)24(28)22-16-18(3)8-15-23(22)31(29,30)26-25(4,5)21-13-11-20(12-14-21)17-19-9-10-19/h8,11-16,19,26H,6-7,9-10,17H2,1-5H3. The van der Waals surface area contributed by atoms with Crippen molar-refractivity contribution in [2.45, 2.75) is 64.3 Å². The van der Waals surface area contributed by atoms with Crippen LogP contribution >= 0.6 is 0 Å². The molecule has 0 aromatic heterocycles. The zero-order chi connectivity index (χ0) is 22.8. The number of nitrogens with one attached hydrogen (secondary N) is 1. The van der Waals surface area contributed by atoms with E-state index in [4.69, 9.17) is 0 Å². The fourth-order valence-corrected chi connectivity index (χ4v) is 5.47. The highest BCUT2D eigenvalue weighted by atomic mass is 32.2. The lowest BCUT2D eigenvalue weighted by molar-refractivity contribution is 0.0769. The quantitative estimate of drug-likeness (QED) is 0.615. The Morgan fingerprint density at radius 3 is 2.23 bits per heavy atom. The minimum atomic E-state index is -3.93. The number of carbonyl (C=O) groups is 1. The van der Waals surface area contributed by atoms with Crippen LogP contribution in [-0.4, -0.2) is 32.3 Å². The van der Waals surface area contributed by atoms with Crippen molar-refractivity contribution in [2.75, 3.05) is 13.1 Å². The van der Waals surface area contributed by atoms with E-state index < -0.39 is 15.6 Å². The van der Waals surface area contributed by atoms with Gasteiger partial charge in [0.2, 0.25) is 10.0 Å². The molecule has 0 spiro atoms. The molecule has 1 fully saturated rings. The van der Waals surface area contributed by atoms with Gasteiger partial charge in [0.25, 0.3) is 5.91 Å². The molecule has 2 aromatic carbocycles. The van der Waals surface area contributed by atoms with Crippen LogP contribution < -0.4 is 4.72 Å². The first-order valence-electron chi connectivity index (χ1n) is 11.1. The third-order valence-electron chi connectivity index (χ3n) is 5.99. The number of sulfonamides is 1. The normalized spacial score (nSPS) is 14.5. The topological polar surface area (TPSA) is 66.5 Å². The highest BCUT2D eigenvalue weighted by Gasteiger charge is 2.31. The lowest BCUT2D eigenvalue weighted by Crippen LogP contribution is -2.42. The highest BCUT2D eigenvalue weighted by molar-refractivity contribution is 7.89. The smallest absolute Gasteiger partial charge is 0.255 e. The SMILES string of the molecule is CCN(CC)C(=O)c1cc(C)ccc1S(=O)(=O)NC(C)(C)c1ccc(CC2CC2)cc1. The first kappa shape index (κ1) is 23.5. The zero-order valence-corrected chi connectivity index (χ0v) is 20.1.